The minimum atomic E-state index is -3.94. The zero-order chi connectivity index (χ0) is 23.2. The summed E-state index contributed by atoms with van der Waals surface area (Å²) in [5, 5.41) is 7.72. The summed E-state index contributed by atoms with van der Waals surface area (Å²) in [5.41, 5.74) is 6.79. The lowest BCUT2D eigenvalue weighted by molar-refractivity contribution is -0.123. The average Bonchev–Trinajstić information content (AvgIpc) is 2.67. The van der Waals surface area contributed by atoms with Gasteiger partial charge in [-0.1, -0.05) is 12.1 Å². The number of nitrogens with two attached hydrogens (primary N) is 1. The molecule has 0 saturated heterocycles. The van der Waals surface area contributed by atoms with Crippen molar-refractivity contribution in [2.45, 2.75) is 37.8 Å². The number of primary amides is 1. The highest BCUT2D eigenvalue weighted by Crippen LogP contribution is 2.17. The molecule has 0 saturated carbocycles. The fourth-order valence-corrected chi connectivity index (χ4v) is 3.90. The summed E-state index contributed by atoms with van der Waals surface area (Å²) >= 11 is 0. The second kappa shape index (κ2) is 10.0. The van der Waals surface area contributed by atoms with E-state index in [1.807, 2.05) is 0 Å². The van der Waals surface area contributed by atoms with Crippen LogP contribution in [0.5, 0.6) is 0 Å². The second-order valence-corrected chi connectivity index (χ2v) is 8.60. The summed E-state index contributed by atoms with van der Waals surface area (Å²) < 4.78 is 27.4. The van der Waals surface area contributed by atoms with Crippen LogP contribution in [0.4, 0.5) is 16.2 Å². The summed E-state index contributed by atoms with van der Waals surface area (Å²) in [6, 6.07) is 10.2. The lowest BCUT2D eigenvalue weighted by Gasteiger charge is -2.19. The molecule has 0 aliphatic heterocycles. The molecule has 2 rings (SSSR count). The van der Waals surface area contributed by atoms with Gasteiger partial charge in [-0.25, -0.2) is 13.2 Å². The van der Waals surface area contributed by atoms with Crippen molar-refractivity contribution in [2.75, 3.05) is 10.6 Å². The topological polar surface area (TPSA) is 159 Å². The Morgan fingerprint density at radius 3 is 1.90 bits per heavy atom. The lowest BCUT2D eigenvalue weighted by atomic mass is 10.1. The average molecular weight is 448 g/mol. The Hall–Kier alpha value is -3.44. The van der Waals surface area contributed by atoms with Gasteiger partial charge < -0.3 is 21.7 Å². The lowest BCUT2D eigenvalue weighted by Crippen LogP contribution is -2.45. The van der Waals surface area contributed by atoms with Gasteiger partial charge >= 0.3 is 6.03 Å². The normalized spacial score (nSPS) is 13.0. The number of hydrogen-bond acceptors (Lipinski definition) is 5. The van der Waals surface area contributed by atoms with E-state index in [0.29, 0.717) is 11.4 Å². The summed E-state index contributed by atoms with van der Waals surface area (Å²) in [5.74, 6) is -0.780. The SMILES string of the molecule is CC(=O)Nc1ccc(S(=O)(=O)N[C@@H](C)C(=O)NC(C)c2ccc(NC(N)=O)cc2)cc1. The van der Waals surface area contributed by atoms with Gasteiger partial charge in [-0.15, -0.1) is 0 Å². The molecule has 2 aromatic carbocycles. The highest BCUT2D eigenvalue weighted by Gasteiger charge is 2.23. The number of rotatable bonds is 8. The molecule has 2 atom stereocenters. The van der Waals surface area contributed by atoms with Crippen molar-refractivity contribution in [1.82, 2.24) is 10.0 Å². The Labute approximate surface area is 180 Å². The minimum absolute atomic E-state index is 0.0353. The summed E-state index contributed by atoms with van der Waals surface area (Å²) in [7, 11) is -3.94. The van der Waals surface area contributed by atoms with Crippen LogP contribution in [0.25, 0.3) is 0 Å². The third kappa shape index (κ3) is 7.08. The first-order valence-electron chi connectivity index (χ1n) is 9.34. The number of urea groups is 1. The van der Waals surface area contributed by atoms with Gasteiger partial charge in [-0.3, -0.25) is 9.59 Å². The van der Waals surface area contributed by atoms with Crippen LogP contribution in [0.15, 0.2) is 53.4 Å². The van der Waals surface area contributed by atoms with Crippen LogP contribution in [0.3, 0.4) is 0 Å². The van der Waals surface area contributed by atoms with Crippen LogP contribution in [-0.2, 0) is 19.6 Å². The molecule has 0 bridgehead atoms. The molecular formula is C20H25N5O5S. The van der Waals surface area contributed by atoms with Gasteiger partial charge in [0.25, 0.3) is 0 Å². The number of carbonyl (C=O) groups excluding carboxylic acids is 3. The third-order valence-electron chi connectivity index (χ3n) is 4.25. The van der Waals surface area contributed by atoms with E-state index in [4.69, 9.17) is 5.73 Å². The van der Waals surface area contributed by atoms with Crippen LogP contribution in [0, 0.1) is 0 Å². The minimum Gasteiger partial charge on any atom is -0.351 e. The molecule has 11 heteroatoms. The predicted molar refractivity (Wildman–Crippen MR) is 117 cm³/mol. The van der Waals surface area contributed by atoms with Gasteiger partial charge in [-0.05, 0) is 55.8 Å². The van der Waals surface area contributed by atoms with Crippen molar-refractivity contribution in [1.29, 1.82) is 0 Å². The monoisotopic (exact) mass is 447 g/mol. The van der Waals surface area contributed by atoms with Crippen LogP contribution in [0.1, 0.15) is 32.4 Å². The van der Waals surface area contributed by atoms with E-state index in [1.54, 1.807) is 31.2 Å². The first kappa shape index (κ1) is 23.8. The fourth-order valence-electron chi connectivity index (χ4n) is 2.69. The summed E-state index contributed by atoms with van der Waals surface area (Å²) in [6.45, 7) is 4.53. The van der Waals surface area contributed by atoms with Crippen molar-refractivity contribution in [2.24, 2.45) is 5.73 Å². The Morgan fingerprint density at radius 1 is 0.871 bits per heavy atom. The highest BCUT2D eigenvalue weighted by molar-refractivity contribution is 7.89. The maximum Gasteiger partial charge on any atom is 0.316 e. The molecule has 10 nitrogen and oxygen atoms in total. The molecule has 0 aliphatic carbocycles. The quantitative estimate of drug-likeness (QED) is 0.416. The molecule has 0 heterocycles. The van der Waals surface area contributed by atoms with Crippen molar-refractivity contribution < 1.29 is 22.8 Å². The number of carbonyl (C=O) groups is 3. The second-order valence-electron chi connectivity index (χ2n) is 6.89. The van der Waals surface area contributed by atoms with Crippen molar-refractivity contribution >= 4 is 39.2 Å². The van der Waals surface area contributed by atoms with Crippen molar-refractivity contribution in [3.05, 3.63) is 54.1 Å². The first-order chi connectivity index (χ1) is 14.5. The molecule has 31 heavy (non-hydrogen) atoms. The van der Waals surface area contributed by atoms with Crippen LogP contribution in [-0.4, -0.2) is 32.3 Å². The van der Waals surface area contributed by atoms with Gasteiger partial charge in [0.1, 0.15) is 0 Å². The van der Waals surface area contributed by atoms with Gasteiger partial charge in [0, 0.05) is 18.3 Å². The predicted octanol–water partition coefficient (Wildman–Crippen LogP) is 1.68. The molecular weight excluding hydrogens is 422 g/mol. The number of hydrogen-bond donors (Lipinski definition) is 5. The van der Waals surface area contributed by atoms with Crippen molar-refractivity contribution in [3.8, 4) is 0 Å². The van der Waals surface area contributed by atoms with E-state index >= 15 is 0 Å². The van der Waals surface area contributed by atoms with E-state index in [-0.39, 0.29) is 10.8 Å². The van der Waals surface area contributed by atoms with E-state index < -0.39 is 34.0 Å². The van der Waals surface area contributed by atoms with Gasteiger partial charge in [0.05, 0.1) is 17.0 Å². The molecule has 1 unspecified atom stereocenters. The molecule has 0 radical (unpaired) electrons. The number of nitrogens with one attached hydrogen (secondary N) is 4. The van der Waals surface area contributed by atoms with E-state index in [1.165, 1.54) is 38.1 Å². The summed E-state index contributed by atoms with van der Waals surface area (Å²) in [6.07, 6.45) is 0. The van der Waals surface area contributed by atoms with E-state index in [9.17, 15) is 22.8 Å². The van der Waals surface area contributed by atoms with Crippen LogP contribution in [0.2, 0.25) is 0 Å². The molecule has 6 N–H and O–H groups in total. The van der Waals surface area contributed by atoms with E-state index in [2.05, 4.69) is 20.7 Å². The van der Waals surface area contributed by atoms with Gasteiger partial charge in [-0.2, -0.15) is 4.72 Å². The zero-order valence-corrected chi connectivity index (χ0v) is 18.1. The Bertz CT molecular complexity index is 1050. The molecule has 0 aromatic heterocycles. The van der Waals surface area contributed by atoms with Crippen LogP contribution < -0.4 is 26.4 Å². The van der Waals surface area contributed by atoms with Gasteiger partial charge in [0.2, 0.25) is 21.8 Å². The smallest absolute Gasteiger partial charge is 0.316 e. The largest absolute Gasteiger partial charge is 0.351 e. The molecule has 0 spiro atoms. The van der Waals surface area contributed by atoms with Crippen LogP contribution >= 0.6 is 0 Å². The standard InChI is InChI=1S/C20H25N5O5S/c1-12(15-4-6-17(7-5-15)24-20(21)28)22-19(27)13(2)25-31(29,30)18-10-8-16(9-11-18)23-14(3)26/h4-13,25H,1-3H3,(H,22,27)(H,23,26)(H3,21,24,28)/t12?,13-/m0/s1. The number of sulfonamides is 1. The Balaban J connectivity index is 1.99. The molecule has 166 valence electrons. The van der Waals surface area contributed by atoms with E-state index in [0.717, 1.165) is 5.56 Å². The highest BCUT2D eigenvalue weighted by atomic mass is 32.2. The van der Waals surface area contributed by atoms with Crippen molar-refractivity contribution in [3.63, 3.8) is 0 Å². The third-order valence-corrected chi connectivity index (χ3v) is 5.80. The molecule has 0 aliphatic rings. The molecule has 4 amide bonds. The number of anilines is 2. The first-order valence-corrected chi connectivity index (χ1v) is 10.8. The number of benzene rings is 2. The van der Waals surface area contributed by atoms with Gasteiger partial charge in [0.15, 0.2) is 0 Å². The maximum atomic E-state index is 12.5. The Kier molecular flexibility index (Phi) is 7.72. The molecule has 2 aromatic rings. The zero-order valence-electron chi connectivity index (χ0n) is 17.3. The maximum absolute atomic E-state index is 12.5. The molecule has 0 fully saturated rings. The fraction of sp³-hybridized carbons (Fsp3) is 0.250. The summed E-state index contributed by atoms with van der Waals surface area (Å²) in [4.78, 5) is 34.4. The number of amides is 4. The Morgan fingerprint density at radius 2 is 1.39 bits per heavy atom.